The number of aromatic amines is 1. The van der Waals surface area contributed by atoms with E-state index in [1.807, 2.05) is 6.92 Å². The van der Waals surface area contributed by atoms with Crippen molar-refractivity contribution in [3.63, 3.8) is 0 Å². The fourth-order valence-electron chi connectivity index (χ4n) is 3.59. The molecule has 166 valence electrons. The smallest absolute Gasteiger partial charge is 0.348 e. The predicted octanol–water partition coefficient (Wildman–Crippen LogP) is 3.89. The molecule has 0 aromatic carbocycles. The molecular formula is C19H21Cl2FN6O2S. The Kier molecular flexibility index (Phi) is 6.25. The highest BCUT2D eigenvalue weighted by molar-refractivity contribution is 7.17. The van der Waals surface area contributed by atoms with Crippen molar-refractivity contribution in [2.75, 3.05) is 18.0 Å². The largest absolute Gasteiger partial charge is 0.477 e. The van der Waals surface area contributed by atoms with E-state index in [4.69, 9.17) is 23.2 Å². The van der Waals surface area contributed by atoms with Crippen molar-refractivity contribution in [1.82, 2.24) is 24.8 Å². The molecule has 3 N–H and O–H groups in total. The van der Waals surface area contributed by atoms with E-state index in [0.717, 1.165) is 22.7 Å². The van der Waals surface area contributed by atoms with Crippen LogP contribution in [-0.4, -0.2) is 55.9 Å². The van der Waals surface area contributed by atoms with E-state index in [1.54, 1.807) is 29.0 Å². The average molecular weight is 487 g/mol. The fraction of sp³-hybridized carbons (Fsp3) is 0.421. The zero-order valence-electron chi connectivity index (χ0n) is 16.8. The third kappa shape index (κ3) is 4.43. The number of hydrogen-bond acceptors (Lipinski definition) is 6. The first kappa shape index (κ1) is 22.1. The second kappa shape index (κ2) is 8.78. The first-order chi connectivity index (χ1) is 14.7. The molecule has 1 aliphatic rings. The van der Waals surface area contributed by atoms with Crippen LogP contribution in [0.1, 0.15) is 27.5 Å². The number of H-pyrrole nitrogens is 1. The first-order valence-electron chi connectivity index (χ1n) is 9.62. The number of carboxylic acids is 1. The van der Waals surface area contributed by atoms with Gasteiger partial charge in [0.2, 0.25) is 0 Å². The van der Waals surface area contributed by atoms with Crippen molar-refractivity contribution >= 4 is 45.6 Å². The number of thiazole rings is 1. The van der Waals surface area contributed by atoms with E-state index < -0.39 is 12.1 Å². The average Bonchev–Trinajstić information content (AvgIpc) is 3.42. The molecule has 3 aromatic heterocycles. The van der Waals surface area contributed by atoms with Crippen LogP contribution >= 0.6 is 34.5 Å². The molecule has 8 nitrogen and oxygen atoms in total. The Morgan fingerprint density at radius 2 is 2.23 bits per heavy atom. The molecule has 31 heavy (non-hydrogen) atoms. The van der Waals surface area contributed by atoms with Gasteiger partial charge >= 0.3 is 5.97 Å². The van der Waals surface area contributed by atoms with Crippen LogP contribution in [0.25, 0.3) is 11.4 Å². The zero-order chi connectivity index (χ0) is 22.3. The number of piperidine rings is 1. The normalized spacial score (nSPS) is 19.2. The molecule has 1 fully saturated rings. The lowest BCUT2D eigenvalue weighted by Crippen LogP contribution is -2.50. The minimum Gasteiger partial charge on any atom is -0.477 e. The number of carbonyl (C=O) groups is 1. The summed E-state index contributed by atoms with van der Waals surface area (Å²) in [6, 6.07) is -0.358. The Morgan fingerprint density at radius 1 is 1.45 bits per heavy atom. The molecule has 4 heterocycles. The highest BCUT2D eigenvalue weighted by Crippen LogP contribution is 2.34. The van der Waals surface area contributed by atoms with Crippen LogP contribution in [0.5, 0.6) is 0 Å². The van der Waals surface area contributed by atoms with Crippen molar-refractivity contribution in [2.24, 2.45) is 7.05 Å². The van der Waals surface area contributed by atoms with Crippen molar-refractivity contribution in [3.05, 3.63) is 38.8 Å². The summed E-state index contributed by atoms with van der Waals surface area (Å²) in [5.74, 6) is -1.07. The number of anilines is 1. The lowest BCUT2D eigenvalue weighted by molar-refractivity contribution is 0.0702. The molecule has 0 spiro atoms. The maximum atomic E-state index is 14.9. The number of imidazole rings is 1. The van der Waals surface area contributed by atoms with Crippen LogP contribution in [0.2, 0.25) is 10.0 Å². The molecule has 0 saturated carbocycles. The molecule has 0 bridgehead atoms. The molecule has 2 atom stereocenters. The summed E-state index contributed by atoms with van der Waals surface area (Å²) in [4.78, 5) is 25.4. The number of aromatic carboxylic acids is 1. The first-order valence-corrected chi connectivity index (χ1v) is 11.2. The summed E-state index contributed by atoms with van der Waals surface area (Å²) in [5, 5.41) is 14.2. The number of halogens is 3. The summed E-state index contributed by atoms with van der Waals surface area (Å²) in [7, 11) is 1.80. The Morgan fingerprint density at radius 3 is 2.81 bits per heavy atom. The standard InChI is InChI=1S/C19H21Cl2FN6O2S/c1-9-14(20)15(21)12(25-9)5-23-11-3-4-28(6-10(11)22)19-26-16(17(31-19)18(29)30)13-7-27(2)8-24-13/h7-8,10-11,23,25H,3-6H2,1-2H3,(H,29,30)/t10-,11+/m0/s1. The summed E-state index contributed by atoms with van der Waals surface area (Å²) in [5.41, 5.74) is 2.28. The van der Waals surface area contributed by atoms with Crippen LogP contribution < -0.4 is 10.2 Å². The van der Waals surface area contributed by atoms with Gasteiger partial charge in [0, 0.05) is 43.8 Å². The lowest BCUT2D eigenvalue weighted by atomic mass is 10.0. The SMILES string of the molecule is Cc1[nH]c(CN[C@@H]2CCN(c3nc(-c4cn(C)cn4)c(C(=O)O)s3)C[C@@H]2F)c(Cl)c1Cl. The molecule has 0 amide bonds. The third-order valence-electron chi connectivity index (χ3n) is 5.24. The maximum Gasteiger partial charge on any atom is 0.348 e. The molecule has 0 aliphatic carbocycles. The molecular weight excluding hydrogens is 466 g/mol. The molecule has 12 heteroatoms. The van der Waals surface area contributed by atoms with Crippen LogP contribution in [0.4, 0.5) is 9.52 Å². The van der Waals surface area contributed by atoms with Crippen LogP contribution in [0, 0.1) is 6.92 Å². The van der Waals surface area contributed by atoms with Gasteiger partial charge in [0.1, 0.15) is 22.4 Å². The summed E-state index contributed by atoms with van der Waals surface area (Å²) < 4.78 is 16.7. The van der Waals surface area contributed by atoms with Gasteiger partial charge in [0.15, 0.2) is 5.13 Å². The third-order valence-corrected chi connectivity index (χ3v) is 7.33. The van der Waals surface area contributed by atoms with Gasteiger partial charge in [-0.3, -0.25) is 0 Å². The Bertz CT molecular complexity index is 1110. The minimum absolute atomic E-state index is 0.0954. The molecule has 1 aliphatic heterocycles. The van der Waals surface area contributed by atoms with Gasteiger partial charge < -0.3 is 24.9 Å². The second-order valence-electron chi connectivity index (χ2n) is 7.50. The quantitative estimate of drug-likeness (QED) is 0.488. The maximum absolute atomic E-state index is 14.9. The number of nitrogens with zero attached hydrogens (tertiary/aromatic N) is 4. The monoisotopic (exact) mass is 486 g/mol. The van der Waals surface area contributed by atoms with Crippen LogP contribution in [-0.2, 0) is 13.6 Å². The highest BCUT2D eigenvalue weighted by Gasteiger charge is 2.32. The molecule has 0 radical (unpaired) electrons. The van der Waals surface area contributed by atoms with E-state index in [9.17, 15) is 14.3 Å². The Labute approximate surface area is 192 Å². The number of hydrogen-bond donors (Lipinski definition) is 3. The minimum atomic E-state index is -1.16. The van der Waals surface area contributed by atoms with E-state index in [-0.39, 0.29) is 17.5 Å². The molecule has 1 saturated heterocycles. The number of rotatable bonds is 6. The summed E-state index contributed by atoms with van der Waals surface area (Å²) >= 11 is 13.3. The van der Waals surface area contributed by atoms with Crippen molar-refractivity contribution in [2.45, 2.75) is 32.1 Å². The van der Waals surface area contributed by atoms with Gasteiger partial charge in [-0.2, -0.15) is 0 Å². The lowest BCUT2D eigenvalue weighted by Gasteiger charge is -2.35. The molecule has 0 unspecified atom stereocenters. The van der Waals surface area contributed by atoms with Gasteiger partial charge in [0.05, 0.1) is 22.9 Å². The Balaban J connectivity index is 1.45. The van der Waals surface area contributed by atoms with Crippen molar-refractivity contribution in [3.8, 4) is 11.4 Å². The van der Waals surface area contributed by atoms with Gasteiger partial charge in [-0.1, -0.05) is 34.5 Å². The van der Waals surface area contributed by atoms with Gasteiger partial charge in [0.25, 0.3) is 0 Å². The summed E-state index contributed by atoms with van der Waals surface area (Å²) in [6.45, 7) is 2.86. The van der Waals surface area contributed by atoms with Crippen molar-refractivity contribution < 1.29 is 14.3 Å². The van der Waals surface area contributed by atoms with E-state index in [0.29, 0.717) is 46.1 Å². The van der Waals surface area contributed by atoms with Crippen LogP contribution in [0.15, 0.2) is 12.5 Å². The van der Waals surface area contributed by atoms with Gasteiger partial charge in [-0.25, -0.2) is 19.2 Å². The number of alkyl halides is 1. The van der Waals surface area contributed by atoms with E-state index in [2.05, 4.69) is 20.3 Å². The molecule has 4 rings (SSSR count). The second-order valence-corrected chi connectivity index (χ2v) is 9.23. The topological polar surface area (TPSA) is 99.1 Å². The van der Waals surface area contributed by atoms with Crippen LogP contribution in [0.3, 0.4) is 0 Å². The van der Waals surface area contributed by atoms with Crippen molar-refractivity contribution in [1.29, 1.82) is 0 Å². The zero-order valence-corrected chi connectivity index (χ0v) is 19.2. The number of carboxylic acid groups (broad SMARTS) is 1. The summed E-state index contributed by atoms with van der Waals surface area (Å²) in [6.07, 6.45) is 2.67. The van der Waals surface area contributed by atoms with E-state index in [1.165, 1.54) is 0 Å². The number of nitrogens with one attached hydrogen (secondary N) is 2. The number of aromatic nitrogens is 4. The number of aryl methyl sites for hydroxylation is 2. The molecule has 3 aromatic rings. The van der Waals surface area contributed by atoms with Gasteiger partial charge in [-0.15, -0.1) is 0 Å². The predicted molar refractivity (Wildman–Crippen MR) is 119 cm³/mol. The highest BCUT2D eigenvalue weighted by atomic mass is 35.5. The fourth-order valence-corrected chi connectivity index (χ4v) is 4.96. The van der Waals surface area contributed by atoms with Gasteiger partial charge in [-0.05, 0) is 13.3 Å². The Hall–Kier alpha value is -2.14. The van der Waals surface area contributed by atoms with E-state index >= 15 is 0 Å².